The van der Waals surface area contributed by atoms with E-state index in [1.165, 1.54) is 16.4 Å². The molecule has 0 unspecified atom stereocenters. The fraction of sp³-hybridized carbons (Fsp3) is 0.316. The van der Waals surface area contributed by atoms with Gasteiger partial charge >= 0.3 is 12.1 Å². The highest BCUT2D eigenvalue weighted by atomic mass is 35.5. The van der Waals surface area contributed by atoms with E-state index in [-0.39, 0.29) is 53.5 Å². The van der Waals surface area contributed by atoms with Crippen molar-refractivity contribution < 1.29 is 40.6 Å². The smallest absolute Gasteiger partial charge is 0.416 e. The van der Waals surface area contributed by atoms with E-state index < -0.39 is 27.7 Å². The van der Waals surface area contributed by atoms with Gasteiger partial charge in [0.2, 0.25) is 10.0 Å². The van der Waals surface area contributed by atoms with E-state index in [0.717, 1.165) is 19.1 Å². The molecule has 7 nitrogen and oxygen atoms in total. The maximum absolute atomic E-state index is 13.2. The van der Waals surface area contributed by atoms with Crippen molar-refractivity contribution in [3.63, 3.8) is 0 Å². The van der Waals surface area contributed by atoms with Crippen LogP contribution in [-0.2, 0) is 25.7 Å². The molecule has 168 valence electrons. The highest BCUT2D eigenvalue weighted by molar-refractivity contribution is 7.89. The third kappa shape index (κ3) is 5.67. The maximum atomic E-state index is 13.2. The van der Waals surface area contributed by atoms with Gasteiger partial charge in [-0.15, -0.1) is 0 Å². The summed E-state index contributed by atoms with van der Waals surface area (Å²) < 4.78 is 81.5. The van der Waals surface area contributed by atoms with Gasteiger partial charge in [0.1, 0.15) is 17.2 Å². The van der Waals surface area contributed by atoms with E-state index in [4.69, 9.17) is 25.8 Å². The molecular formula is C19H17ClF3NO6S. The van der Waals surface area contributed by atoms with Gasteiger partial charge in [0.15, 0.2) is 0 Å². The van der Waals surface area contributed by atoms with Crippen LogP contribution in [0.4, 0.5) is 13.2 Å². The van der Waals surface area contributed by atoms with Gasteiger partial charge in [-0.1, -0.05) is 11.6 Å². The summed E-state index contributed by atoms with van der Waals surface area (Å²) in [5.41, 5.74) is -1.09. The van der Waals surface area contributed by atoms with Crippen molar-refractivity contribution in [1.29, 1.82) is 0 Å². The van der Waals surface area contributed by atoms with Crippen molar-refractivity contribution in [3.05, 3.63) is 47.0 Å². The maximum Gasteiger partial charge on any atom is 0.416 e. The van der Waals surface area contributed by atoms with Crippen LogP contribution >= 0.6 is 11.6 Å². The third-order valence-corrected chi connectivity index (χ3v) is 6.40. The number of morpholine rings is 1. The van der Waals surface area contributed by atoms with Gasteiger partial charge in [-0.25, -0.2) is 8.42 Å². The molecule has 0 saturated carbocycles. The van der Waals surface area contributed by atoms with E-state index in [2.05, 4.69) is 0 Å². The van der Waals surface area contributed by atoms with E-state index >= 15 is 0 Å². The molecule has 1 fully saturated rings. The fourth-order valence-electron chi connectivity index (χ4n) is 2.81. The monoisotopic (exact) mass is 479 g/mol. The Morgan fingerprint density at radius 2 is 1.74 bits per heavy atom. The number of alkyl halides is 3. The zero-order valence-corrected chi connectivity index (χ0v) is 17.7. The van der Waals surface area contributed by atoms with Crippen LogP contribution in [0.25, 0.3) is 0 Å². The van der Waals surface area contributed by atoms with Crippen LogP contribution in [0, 0.1) is 0 Å². The molecule has 12 heteroatoms. The number of halogens is 4. The number of nitrogens with zero attached hydrogens (tertiary/aromatic N) is 1. The van der Waals surface area contributed by atoms with Crippen LogP contribution < -0.4 is 9.47 Å². The molecule has 0 bridgehead atoms. The van der Waals surface area contributed by atoms with Gasteiger partial charge in [-0.05, 0) is 30.3 Å². The lowest BCUT2D eigenvalue weighted by atomic mass is 10.2. The lowest BCUT2D eigenvalue weighted by Gasteiger charge is -2.26. The number of benzene rings is 2. The number of carbonyl (C=O) groups excluding carboxylic acids is 1. The summed E-state index contributed by atoms with van der Waals surface area (Å²) in [4.78, 5) is 11.0. The molecule has 0 radical (unpaired) electrons. The topological polar surface area (TPSA) is 82.1 Å². The van der Waals surface area contributed by atoms with E-state index in [0.29, 0.717) is 12.1 Å². The quantitative estimate of drug-likeness (QED) is 0.474. The van der Waals surface area contributed by atoms with E-state index in [9.17, 15) is 26.4 Å². The molecule has 0 spiro atoms. The van der Waals surface area contributed by atoms with Gasteiger partial charge in [0.05, 0.1) is 28.7 Å². The predicted octanol–water partition coefficient (Wildman–Crippen LogP) is 4.10. The number of hydrogen-bond acceptors (Lipinski definition) is 6. The highest BCUT2D eigenvalue weighted by Crippen LogP contribution is 2.38. The van der Waals surface area contributed by atoms with Gasteiger partial charge in [0, 0.05) is 26.1 Å². The van der Waals surface area contributed by atoms with Crippen LogP contribution in [0.5, 0.6) is 17.2 Å². The van der Waals surface area contributed by atoms with Crippen molar-refractivity contribution in [2.24, 2.45) is 0 Å². The number of sulfonamides is 1. The van der Waals surface area contributed by atoms with Crippen molar-refractivity contribution >= 4 is 27.6 Å². The minimum absolute atomic E-state index is 0.0734. The van der Waals surface area contributed by atoms with Gasteiger partial charge in [-0.2, -0.15) is 17.5 Å². The van der Waals surface area contributed by atoms with Gasteiger partial charge in [-0.3, -0.25) is 4.79 Å². The molecule has 1 aliphatic heterocycles. The second-order valence-corrected chi connectivity index (χ2v) is 8.84. The zero-order valence-electron chi connectivity index (χ0n) is 16.1. The third-order valence-electron chi connectivity index (χ3n) is 4.21. The lowest BCUT2D eigenvalue weighted by molar-refractivity contribution is -0.138. The first-order chi connectivity index (χ1) is 14.5. The summed E-state index contributed by atoms with van der Waals surface area (Å²) in [6.07, 6.45) is -4.71. The molecule has 1 aliphatic rings. The summed E-state index contributed by atoms with van der Waals surface area (Å²) in [6.45, 7) is 1.98. The van der Waals surface area contributed by atoms with Crippen LogP contribution in [0.15, 0.2) is 41.3 Å². The number of rotatable bonds is 5. The summed E-state index contributed by atoms with van der Waals surface area (Å²) in [5, 5.41) is -0.124. The molecule has 3 rings (SSSR count). The van der Waals surface area contributed by atoms with Crippen LogP contribution in [0.3, 0.4) is 0 Å². The molecule has 1 saturated heterocycles. The number of esters is 1. The first-order valence-corrected chi connectivity index (χ1v) is 10.7. The first kappa shape index (κ1) is 23.3. The van der Waals surface area contributed by atoms with E-state index in [1.807, 2.05) is 0 Å². The summed E-state index contributed by atoms with van der Waals surface area (Å²) >= 11 is 6.14. The van der Waals surface area contributed by atoms with Crippen molar-refractivity contribution in [1.82, 2.24) is 4.31 Å². The second kappa shape index (κ2) is 9.03. The Kier molecular flexibility index (Phi) is 6.79. The zero-order chi connectivity index (χ0) is 22.8. The van der Waals surface area contributed by atoms with Gasteiger partial charge in [0.25, 0.3) is 0 Å². The summed E-state index contributed by atoms with van der Waals surface area (Å²) in [6, 6.07) is 6.09. The standard InChI is InChI=1S/C19H17ClF3NO6S/c1-12(25)29-14-8-13(19(21,22)23)9-15(10-14)30-18-3-2-16(11-17(18)20)31(26,27)24-4-6-28-7-5-24/h2-3,8-11H,4-7H2,1H3. The minimum atomic E-state index is -4.71. The molecule has 31 heavy (non-hydrogen) atoms. The average Bonchev–Trinajstić information content (AvgIpc) is 2.69. The Hall–Kier alpha value is -2.34. The van der Waals surface area contributed by atoms with E-state index in [1.54, 1.807) is 0 Å². The number of ether oxygens (including phenoxy) is 3. The highest BCUT2D eigenvalue weighted by Gasteiger charge is 2.32. The normalized spacial score (nSPS) is 15.5. The SMILES string of the molecule is CC(=O)Oc1cc(Oc2ccc(S(=O)(=O)N3CCOCC3)cc2Cl)cc(C(F)(F)F)c1. The van der Waals surface area contributed by atoms with Crippen molar-refractivity contribution in [3.8, 4) is 17.2 Å². The Balaban J connectivity index is 1.90. The van der Waals surface area contributed by atoms with Crippen molar-refractivity contribution in [2.75, 3.05) is 26.3 Å². The lowest BCUT2D eigenvalue weighted by Crippen LogP contribution is -2.40. The molecule has 0 aliphatic carbocycles. The molecule has 2 aromatic rings. The number of carbonyl (C=O) groups is 1. The van der Waals surface area contributed by atoms with Gasteiger partial charge < -0.3 is 14.2 Å². The minimum Gasteiger partial charge on any atom is -0.456 e. The largest absolute Gasteiger partial charge is 0.456 e. The Morgan fingerprint density at radius 3 is 2.32 bits per heavy atom. The van der Waals surface area contributed by atoms with Crippen LogP contribution in [0.2, 0.25) is 5.02 Å². The molecule has 0 N–H and O–H groups in total. The molecule has 0 amide bonds. The first-order valence-electron chi connectivity index (χ1n) is 8.93. The van der Waals surface area contributed by atoms with Crippen LogP contribution in [0.1, 0.15) is 12.5 Å². The summed E-state index contributed by atoms with van der Waals surface area (Å²) in [7, 11) is -3.81. The van der Waals surface area contributed by atoms with Crippen LogP contribution in [-0.4, -0.2) is 45.0 Å². The molecule has 0 aromatic heterocycles. The predicted molar refractivity (Wildman–Crippen MR) is 104 cm³/mol. The summed E-state index contributed by atoms with van der Waals surface area (Å²) in [5.74, 6) is -1.53. The fourth-order valence-corrected chi connectivity index (χ4v) is 4.53. The van der Waals surface area contributed by atoms with Crippen molar-refractivity contribution in [2.45, 2.75) is 18.0 Å². The average molecular weight is 480 g/mol. The molecular weight excluding hydrogens is 463 g/mol. The molecule has 0 atom stereocenters. The Bertz CT molecular complexity index is 1080. The second-order valence-electron chi connectivity index (χ2n) is 6.50. The number of hydrogen-bond donors (Lipinski definition) is 0. The molecule has 1 heterocycles. The molecule has 2 aromatic carbocycles. The Labute approximate surface area is 181 Å². The Morgan fingerprint density at radius 1 is 1.10 bits per heavy atom.